The molecule has 0 spiro atoms. The van der Waals surface area contributed by atoms with E-state index in [-0.39, 0.29) is 0 Å². The molecule has 0 aromatic carbocycles. The fourth-order valence-electron chi connectivity index (χ4n) is 3.45. The Labute approximate surface area is 110 Å². The molecule has 1 saturated carbocycles. The van der Waals surface area contributed by atoms with Crippen LogP contribution < -0.4 is 5.32 Å². The van der Waals surface area contributed by atoms with E-state index in [1.54, 1.807) is 0 Å². The van der Waals surface area contributed by atoms with E-state index >= 15 is 0 Å². The smallest absolute Gasteiger partial charge is 0.0627 e. The van der Waals surface area contributed by atoms with Crippen LogP contribution in [0.4, 0.5) is 0 Å². The van der Waals surface area contributed by atoms with Gasteiger partial charge in [-0.25, -0.2) is 0 Å². The lowest BCUT2D eigenvalue weighted by Crippen LogP contribution is -2.14. The SMILES string of the molecule is c1cn(C2CCCC2)nc1CC1CCCNCC1. The Morgan fingerprint density at radius 2 is 2.00 bits per heavy atom. The molecule has 1 N–H and O–H groups in total. The summed E-state index contributed by atoms with van der Waals surface area (Å²) in [4.78, 5) is 0. The highest BCUT2D eigenvalue weighted by molar-refractivity contribution is 5.01. The number of rotatable bonds is 3. The van der Waals surface area contributed by atoms with Crippen LogP contribution in [-0.2, 0) is 6.42 Å². The zero-order valence-corrected chi connectivity index (χ0v) is 11.3. The average molecular weight is 247 g/mol. The van der Waals surface area contributed by atoms with Crippen molar-refractivity contribution in [1.29, 1.82) is 0 Å². The minimum Gasteiger partial charge on any atom is -0.317 e. The summed E-state index contributed by atoms with van der Waals surface area (Å²) in [5.41, 5.74) is 1.31. The van der Waals surface area contributed by atoms with Gasteiger partial charge >= 0.3 is 0 Å². The third-order valence-electron chi connectivity index (χ3n) is 4.56. The highest BCUT2D eigenvalue weighted by atomic mass is 15.3. The van der Waals surface area contributed by atoms with Gasteiger partial charge in [0.1, 0.15) is 0 Å². The summed E-state index contributed by atoms with van der Waals surface area (Å²) in [6, 6.07) is 2.94. The first-order valence-corrected chi connectivity index (χ1v) is 7.66. The van der Waals surface area contributed by atoms with Crippen LogP contribution in [0.15, 0.2) is 12.3 Å². The molecule has 18 heavy (non-hydrogen) atoms. The maximum Gasteiger partial charge on any atom is 0.0627 e. The van der Waals surface area contributed by atoms with Crippen LogP contribution in [0.3, 0.4) is 0 Å². The predicted molar refractivity (Wildman–Crippen MR) is 73.6 cm³/mol. The lowest BCUT2D eigenvalue weighted by atomic mass is 9.95. The van der Waals surface area contributed by atoms with E-state index < -0.39 is 0 Å². The van der Waals surface area contributed by atoms with Crippen molar-refractivity contribution in [3.8, 4) is 0 Å². The van der Waals surface area contributed by atoms with E-state index in [0.29, 0.717) is 6.04 Å². The molecule has 0 amide bonds. The Morgan fingerprint density at radius 3 is 2.89 bits per heavy atom. The summed E-state index contributed by atoms with van der Waals surface area (Å²) in [5.74, 6) is 0.840. The van der Waals surface area contributed by atoms with E-state index in [1.165, 1.54) is 70.2 Å². The maximum absolute atomic E-state index is 4.81. The number of nitrogens with one attached hydrogen (secondary N) is 1. The van der Waals surface area contributed by atoms with Crippen molar-refractivity contribution in [2.24, 2.45) is 5.92 Å². The van der Waals surface area contributed by atoms with Crippen molar-refractivity contribution in [3.63, 3.8) is 0 Å². The lowest BCUT2D eigenvalue weighted by molar-refractivity contribution is 0.439. The fourth-order valence-corrected chi connectivity index (χ4v) is 3.45. The molecule has 1 aliphatic carbocycles. The maximum atomic E-state index is 4.81. The first-order valence-electron chi connectivity index (χ1n) is 7.66. The molecule has 3 heteroatoms. The molecular formula is C15H25N3. The van der Waals surface area contributed by atoms with E-state index in [2.05, 4.69) is 22.3 Å². The molecule has 3 nitrogen and oxygen atoms in total. The molecule has 2 fully saturated rings. The van der Waals surface area contributed by atoms with Gasteiger partial charge < -0.3 is 5.32 Å². The summed E-state index contributed by atoms with van der Waals surface area (Å²) in [5, 5.41) is 8.30. The van der Waals surface area contributed by atoms with Gasteiger partial charge in [0, 0.05) is 6.20 Å². The van der Waals surface area contributed by atoms with Gasteiger partial charge in [-0.15, -0.1) is 0 Å². The van der Waals surface area contributed by atoms with Gasteiger partial charge in [0.15, 0.2) is 0 Å². The molecule has 100 valence electrons. The van der Waals surface area contributed by atoms with Crippen LogP contribution in [0.1, 0.15) is 56.7 Å². The molecule has 0 radical (unpaired) electrons. The number of aromatic nitrogens is 2. The minimum absolute atomic E-state index is 0.689. The van der Waals surface area contributed by atoms with Crippen molar-refractivity contribution >= 4 is 0 Å². The molecule has 2 aliphatic rings. The van der Waals surface area contributed by atoms with Crippen molar-refractivity contribution in [2.75, 3.05) is 13.1 Å². The third-order valence-corrected chi connectivity index (χ3v) is 4.56. The van der Waals surface area contributed by atoms with Gasteiger partial charge in [-0.3, -0.25) is 4.68 Å². The monoisotopic (exact) mass is 247 g/mol. The molecule has 1 unspecified atom stereocenters. The van der Waals surface area contributed by atoms with E-state index in [9.17, 15) is 0 Å². The molecule has 3 rings (SSSR count). The van der Waals surface area contributed by atoms with Gasteiger partial charge in [-0.2, -0.15) is 5.10 Å². The molecule has 0 bridgehead atoms. The Balaban J connectivity index is 1.58. The number of hydrogen-bond donors (Lipinski definition) is 1. The molecule has 1 aromatic rings. The standard InChI is InChI=1S/C15H25N3/c1-2-6-15(5-1)18-11-8-14(17-18)12-13-4-3-9-16-10-7-13/h8,11,13,15-16H,1-7,9-10,12H2. The van der Waals surface area contributed by atoms with Crippen molar-refractivity contribution in [1.82, 2.24) is 15.1 Å². The van der Waals surface area contributed by atoms with Crippen LogP contribution in [0.5, 0.6) is 0 Å². The van der Waals surface area contributed by atoms with Gasteiger partial charge in [-0.1, -0.05) is 12.8 Å². The average Bonchev–Trinajstić information content (AvgIpc) is 2.98. The number of hydrogen-bond acceptors (Lipinski definition) is 2. The van der Waals surface area contributed by atoms with Crippen LogP contribution in [0, 0.1) is 5.92 Å². The summed E-state index contributed by atoms with van der Waals surface area (Å²) in [6.07, 6.45) is 12.8. The topological polar surface area (TPSA) is 29.9 Å². The van der Waals surface area contributed by atoms with E-state index in [1.807, 2.05) is 0 Å². The van der Waals surface area contributed by atoms with E-state index in [4.69, 9.17) is 5.10 Å². The van der Waals surface area contributed by atoms with Crippen LogP contribution >= 0.6 is 0 Å². The van der Waals surface area contributed by atoms with Gasteiger partial charge in [0.2, 0.25) is 0 Å². The quantitative estimate of drug-likeness (QED) is 0.890. The first kappa shape index (κ1) is 12.2. The molecule has 1 atom stereocenters. The Hall–Kier alpha value is -0.830. The normalized spacial score (nSPS) is 26.3. The third kappa shape index (κ3) is 2.94. The second-order valence-electron chi connectivity index (χ2n) is 5.98. The molecule has 1 saturated heterocycles. The van der Waals surface area contributed by atoms with Crippen molar-refractivity contribution in [3.05, 3.63) is 18.0 Å². The van der Waals surface area contributed by atoms with Gasteiger partial charge in [0.25, 0.3) is 0 Å². The summed E-state index contributed by atoms with van der Waals surface area (Å²) in [6.45, 7) is 2.39. The lowest BCUT2D eigenvalue weighted by Gasteiger charge is -2.12. The van der Waals surface area contributed by atoms with Crippen LogP contribution in [0.25, 0.3) is 0 Å². The van der Waals surface area contributed by atoms with E-state index in [0.717, 1.165) is 5.92 Å². The fraction of sp³-hybridized carbons (Fsp3) is 0.800. The molecule has 1 aromatic heterocycles. The summed E-state index contributed by atoms with van der Waals surface area (Å²) >= 11 is 0. The zero-order chi connectivity index (χ0) is 12.2. The van der Waals surface area contributed by atoms with Crippen molar-refractivity contribution < 1.29 is 0 Å². The second kappa shape index (κ2) is 5.87. The molecule has 1 aliphatic heterocycles. The van der Waals surface area contributed by atoms with Crippen molar-refractivity contribution in [2.45, 2.75) is 57.4 Å². The largest absolute Gasteiger partial charge is 0.317 e. The second-order valence-corrected chi connectivity index (χ2v) is 5.98. The van der Waals surface area contributed by atoms with Gasteiger partial charge in [-0.05, 0) is 63.6 Å². The predicted octanol–water partition coefficient (Wildman–Crippen LogP) is 2.93. The zero-order valence-electron chi connectivity index (χ0n) is 11.3. The van der Waals surface area contributed by atoms with Crippen LogP contribution in [-0.4, -0.2) is 22.9 Å². The minimum atomic E-state index is 0.689. The number of nitrogens with zero attached hydrogens (tertiary/aromatic N) is 2. The van der Waals surface area contributed by atoms with Crippen LogP contribution in [0.2, 0.25) is 0 Å². The Bertz CT molecular complexity index is 358. The highest BCUT2D eigenvalue weighted by Crippen LogP contribution is 2.29. The Kier molecular flexibility index (Phi) is 3.99. The summed E-state index contributed by atoms with van der Waals surface area (Å²) < 4.78 is 2.23. The first-order chi connectivity index (χ1) is 8.92. The molecular weight excluding hydrogens is 222 g/mol. The highest BCUT2D eigenvalue weighted by Gasteiger charge is 2.19. The Morgan fingerprint density at radius 1 is 1.11 bits per heavy atom. The molecule has 2 heterocycles. The summed E-state index contributed by atoms with van der Waals surface area (Å²) in [7, 11) is 0. The van der Waals surface area contributed by atoms with Gasteiger partial charge in [0.05, 0.1) is 11.7 Å².